The van der Waals surface area contributed by atoms with Crippen molar-refractivity contribution in [2.75, 3.05) is 33.7 Å². The van der Waals surface area contributed by atoms with Gasteiger partial charge in [-0.25, -0.2) is 0 Å². The molecule has 0 aromatic carbocycles. The van der Waals surface area contributed by atoms with E-state index in [-0.39, 0.29) is 5.91 Å². The van der Waals surface area contributed by atoms with E-state index in [0.717, 1.165) is 26.1 Å². The van der Waals surface area contributed by atoms with Crippen LogP contribution in [0.25, 0.3) is 0 Å². The number of hydrogen-bond acceptors (Lipinski definition) is 3. The maximum absolute atomic E-state index is 12.1. The SMILES string of the molecule is CN1CC[C@H](CN(C)C(=O)c2cc(C#N)c[nH]2)C1. The first kappa shape index (κ1) is 12.7. The zero-order chi connectivity index (χ0) is 13.1. The van der Waals surface area contributed by atoms with Crippen LogP contribution in [0.1, 0.15) is 22.5 Å². The fourth-order valence-electron chi connectivity index (χ4n) is 2.43. The van der Waals surface area contributed by atoms with Crippen molar-refractivity contribution in [3.8, 4) is 6.07 Å². The third kappa shape index (κ3) is 2.71. The third-order valence-corrected chi connectivity index (χ3v) is 3.41. The lowest BCUT2D eigenvalue weighted by atomic mass is 10.1. The van der Waals surface area contributed by atoms with Crippen molar-refractivity contribution < 1.29 is 4.79 Å². The van der Waals surface area contributed by atoms with Gasteiger partial charge in [-0.2, -0.15) is 5.26 Å². The van der Waals surface area contributed by atoms with Gasteiger partial charge in [0.2, 0.25) is 0 Å². The summed E-state index contributed by atoms with van der Waals surface area (Å²) in [6.45, 7) is 2.92. The van der Waals surface area contributed by atoms with Gasteiger partial charge in [-0.3, -0.25) is 4.79 Å². The molecular formula is C13H18N4O. The van der Waals surface area contributed by atoms with Crippen LogP contribution in [0, 0.1) is 17.2 Å². The first-order chi connectivity index (χ1) is 8.60. The lowest BCUT2D eigenvalue weighted by Gasteiger charge is -2.20. The van der Waals surface area contributed by atoms with E-state index in [1.54, 1.807) is 17.2 Å². The molecule has 1 amide bonds. The Balaban J connectivity index is 1.94. The molecule has 1 aromatic rings. The van der Waals surface area contributed by atoms with Crippen molar-refractivity contribution in [3.05, 3.63) is 23.5 Å². The number of hydrogen-bond donors (Lipinski definition) is 1. The standard InChI is InChI=1S/C13H18N4O/c1-16-4-3-10(8-16)9-17(2)13(18)12-5-11(6-14)7-15-12/h5,7,10,15H,3-4,8-9H2,1-2H3/t10-/m0/s1. The van der Waals surface area contributed by atoms with Gasteiger partial charge in [-0.1, -0.05) is 0 Å². The highest BCUT2D eigenvalue weighted by molar-refractivity contribution is 5.92. The molecule has 18 heavy (non-hydrogen) atoms. The van der Waals surface area contributed by atoms with Crippen LogP contribution in [0.4, 0.5) is 0 Å². The number of carbonyl (C=O) groups is 1. The molecule has 1 fully saturated rings. The van der Waals surface area contributed by atoms with E-state index in [9.17, 15) is 4.79 Å². The molecule has 0 saturated carbocycles. The number of nitrogens with zero attached hydrogens (tertiary/aromatic N) is 3. The summed E-state index contributed by atoms with van der Waals surface area (Å²) in [5, 5.41) is 8.73. The van der Waals surface area contributed by atoms with Crippen molar-refractivity contribution in [2.45, 2.75) is 6.42 Å². The minimum Gasteiger partial charge on any atom is -0.356 e. The second-order valence-electron chi connectivity index (χ2n) is 5.02. The van der Waals surface area contributed by atoms with Crippen molar-refractivity contribution in [1.29, 1.82) is 5.26 Å². The molecule has 1 aliphatic heterocycles. The second-order valence-corrected chi connectivity index (χ2v) is 5.02. The van der Waals surface area contributed by atoms with Crippen molar-refractivity contribution in [2.24, 2.45) is 5.92 Å². The second kappa shape index (κ2) is 5.23. The number of nitrogens with one attached hydrogen (secondary N) is 1. The van der Waals surface area contributed by atoms with E-state index >= 15 is 0 Å². The summed E-state index contributed by atoms with van der Waals surface area (Å²) in [7, 11) is 3.92. The van der Waals surface area contributed by atoms with Gasteiger partial charge in [0.25, 0.3) is 5.91 Å². The summed E-state index contributed by atoms with van der Waals surface area (Å²) in [6, 6.07) is 3.61. The van der Waals surface area contributed by atoms with E-state index in [4.69, 9.17) is 5.26 Å². The van der Waals surface area contributed by atoms with Crippen LogP contribution < -0.4 is 0 Å². The first-order valence-electron chi connectivity index (χ1n) is 6.12. The van der Waals surface area contributed by atoms with Gasteiger partial charge in [0.1, 0.15) is 11.8 Å². The molecule has 5 nitrogen and oxygen atoms in total. The quantitative estimate of drug-likeness (QED) is 0.862. The molecule has 1 saturated heterocycles. The number of rotatable bonds is 3. The highest BCUT2D eigenvalue weighted by Gasteiger charge is 2.23. The highest BCUT2D eigenvalue weighted by Crippen LogP contribution is 2.16. The van der Waals surface area contributed by atoms with Gasteiger partial charge in [0.15, 0.2) is 0 Å². The highest BCUT2D eigenvalue weighted by atomic mass is 16.2. The molecule has 0 unspecified atom stereocenters. The summed E-state index contributed by atoms with van der Waals surface area (Å²) in [4.78, 5) is 19.0. The molecular weight excluding hydrogens is 228 g/mol. The number of amides is 1. The van der Waals surface area contributed by atoms with Crippen LogP contribution in [0.2, 0.25) is 0 Å². The van der Waals surface area contributed by atoms with E-state index in [1.807, 2.05) is 13.1 Å². The molecule has 1 aromatic heterocycles. The van der Waals surface area contributed by atoms with Crippen molar-refractivity contribution in [3.63, 3.8) is 0 Å². The number of aromatic nitrogens is 1. The first-order valence-corrected chi connectivity index (χ1v) is 6.12. The molecule has 2 rings (SSSR count). The summed E-state index contributed by atoms with van der Waals surface area (Å²) in [6.07, 6.45) is 2.70. The Labute approximate surface area is 107 Å². The Hall–Kier alpha value is -1.80. The Morgan fingerprint density at radius 3 is 3.06 bits per heavy atom. The number of likely N-dealkylation sites (tertiary alicyclic amines) is 1. The molecule has 0 aliphatic carbocycles. The average molecular weight is 246 g/mol. The van der Waals surface area contributed by atoms with Crippen molar-refractivity contribution >= 4 is 5.91 Å². The van der Waals surface area contributed by atoms with Gasteiger partial charge < -0.3 is 14.8 Å². The molecule has 0 bridgehead atoms. The number of aromatic amines is 1. The zero-order valence-corrected chi connectivity index (χ0v) is 10.8. The van der Waals surface area contributed by atoms with Crippen LogP contribution in [0.15, 0.2) is 12.3 Å². The van der Waals surface area contributed by atoms with Gasteiger partial charge in [-0.05, 0) is 32.0 Å². The molecule has 5 heteroatoms. The number of carbonyl (C=O) groups excluding carboxylic acids is 1. The van der Waals surface area contributed by atoms with Crippen molar-refractivity contribution in [1.82, 2.24) is 14.8 Å². The lowest BCUT2D eigenvalue weighted by Crippen LogP contribution is -2.33. The fraction of sp³-hybridized carbons (Fsp3) is 0.538. The minimum atomic E-state index is -0.0500. The van der Waals surface area contributed by atoms with E-state index in [2.05, 4.69) is 16.9 Å². The molecule has 1 N–H and O–H groups in total. The van der Waals surface area contributed by atoms with Crippen LogP contribution in [-0.4, -0.2) is 54.4 Å². The Bertz CT molecular complexity index is 474. The molecule has 1 aliphatic rings. The number of H-pyrrole nitrogens is 1. The number of nitriles is 1. The maximum atomic E-state index is 12.1. The third-order valence-electron chi connectivity index (χ3n) is 3.41. The molecule has 0 radical (unpaired) electrons. The topological polar surface area (TPSA) is 63.1 Å². The summed E-state index contributed by atoms with van der Waals surface area (Å²) in [5.74, 6) is 0.500. The molecule has 1 atom stereocenters. The van der Waals surface area contributed by atoms with E-state index in [0.29, 0.717) is 17.2 Å². The van der Waals surface area contributed by atoms with Crippen LogP contribution in [-0.2, 0) is 0 Å². The Kier molecular flexibility index (Phi) is 3.68. The largest absolute Gasteiger partial charge is 0.356 e. The monoisotopic (exact) mass is 246 g/mol. The normalized spacial score (nSPS) is 19.7. The van der Waals surface area contributed by atoms with E-state index < -0.39 is 0 Å². The van der Waals surface area contributed by atoms with E-state index in [1.165, 1.54) is 0 Å². The smallest absolute Gasteiger partial charge is 0.270 e. The minimum absolute atomic E-state index is 0.0500. The van der Waals surface area contributed by atoms with Crippen LogP contribution in [0.3, 0.4) is 0 Å². The fourth-order valence-corrected chi connectivity index (χ4v) is 2.43. The van der Waals surface area contributed by atoms with Gasteiger partial charge >= 0.3 is 0 Å². The molecule has 2 heterocycles. The van der Waals surface area contributed by atoms with Gasteiger partial charge in [0, 0.05) is 26.3 Å². The summed E-state index contributed by atoms with van der Waals surface area (Å²) < 4.78 is 0. The van der Waals surface area contributed by atoms with Crippen LogP contribution >= 0.6 is 0 Å². The Morgan fingerprint density at radius 1 is 1.72 bits per heavy atom. The van der Waals surface area contributed by atoms with Gasteiger partial charge in [0.05, 0.1) is 5.56 Å². The summed E-state index contributed by atoms with van der Waals surface area (Å²) >= 11 is 0. The molecule has 96 valence electrons. The molecule has 0 spiro atoms. The lowest BCUT2D eigenvalue weighted by molar-refractivity contribution is 0.0769. The predicted molar refractivity (Wildman–Crippen MR) is 68.1 cm³/mol. The van der Waals surface area contributed by atoms with Gasteiger partial charge in [-0.15, -0.1) is 0 Å². The zero-order valence-electron chi connectivity index (χ0n) is 10.8. The maximum Gasteiger partial charge on any atom is 0.270 e. The Morgan fingerprint density at radius 2 is 2.50 bits per heavy atom. The van der Waals surface area contributed by atoms with Crippen LogP contribution in [0.5, 0.6) is 0 Å². The average Bonchev–Trinajstić information content (AvgIpc) is 2.97. The summed E-state index contributed by atoms with van der Waals surface area (Å²) in [5.41, 5.74) is 0.979. The predicted octanol–water partition coefficient (Wildman–Crippen LogP) is 0.910.